The van der Waals surface area contributed by atoms with Gasteiger partial charge >= 0.3 is 5.97 Å². The Balaban J connectivity index is 1.40. The van der Waals surface area contributed by atoms with Gasteiger partial charge in [0.2, 0.25) is 0 Å². The van der Waals surface area contributed by atoms with E-state index in [0.29, 0.717) is 23.0 Å². The number of hydrogen-bond acceptors (Lipinski definition) is 5. The summed E-state index contributed by atoms with van der Waals surface area (Å²) < 4.78 is 11.6. The van der Waals surface area contributed by atoms with Gasteiger partial charge < -0.3 is 19.6 Å². The van der Waals surface area contributed by atoms with Crippen molar-refractivity contribution in [2.24, 2.45) is 5.92 Å². The Hall–Kier alpha value is -3.35. The Morgan fingerprint density at radius 3 is 2.85 bits per heavy atom. The molecule has 7 heteroatoms. The van der Waals surface area contributed by atoms with Gasteiger partial charge in [0.25, 0.3) is 0 Å². The monoisotopic (exact) mass is 349 g/mol. The number of aromatic nitrogens is 3. The van der Waals surface area contributed by atoms with Crippen molar-refractivity contribution in [3.63, 3.8) is 0 Å². The van der Waals surface area contributed by atoms with E-state index < -0.39 is 11.9 Å². The lowest BCUT2D eigenvalue weighted by atomic mass is 10.1. The standard InChI is InChI=1S/C19H15N3O4/c1-9-8-21-18(22-9)13-7-11(4-5-20-13)25-10-2-3-14-12(6-10)15-16(19(23)24)17(15)26-14/h2-8,15-17H,1H3,(H,21,22)(H,23,24). The number of fused-ring (bicyclic) bond motifs is 3. The second-order valence-corrected chi connectivity index (χ2v) is 6.57. The first kappa shape index (κ1) is 14.9. The van der Waals surface area contributed by atoms with Gasteiger partial charge in [0.1, 0.15) is 35.0 Å². The number of benzene rings is 1. The zero-order valence-corrected chi connectivity index (χ0v) is 13.8. The Labute approximate surface area is 148 Å². The van der Waals surface area contributed by atoms with Crippen LogP contribution >= 0.6 is 0 Å². The fourth-order valence-electron chi connectivity index (χ4n) is 3.48. The topological polar surface area (TPSA) is 97.3 Å². The molecule has 2 N–H and O–H groups in total. The van der Waals surface area contributed by atoms with E-state index in [4.69, 9.17) is 9.47 Å². The molecule has 1 fully saturated rings. The molecule has 3 heterocycles. The maximum Gasteiger partial charge on any atom is 0.311 e. The minimum absolute atomic E-state index is 0.0786. The van der Waals surface area contributed by atoms with E-state index in [1.807, 2.05) is 31.2 Å². The summed E-state index contributed by atoms with van der Waals surface area (Å²) in [4.78, 5) is 22.9. The maximum atomic E-state index is 11.2. The van der Waals surface area contributed by atoms with Crippen molar-refractivity contribution in [2.45, 2.75) is 18.9 Å². The Morgan fingerprint density at radius 2 is 2.08 bits per heavy atom. The summed E-state index contributed by atoms with van der Waals surface area (Å²) in [6.45, 7) is 1.93. The molecule has 0 spiro atoms. The number of aryl methyl sites for hydroxylation is 1. The number of nitrogens with one attached hydrogen (secondary N) is 1. The molecule has 0 amide bonds. The summed E-state index contributed by atoms with van der Waals surface area (Å²) in [7, 11) is 0. The number of nitrogens with zero attached hydrogens (tertiary/aromatic N) is 2. The van der Waals surface area contributed by atoms with Gasteiger partial charge in [0.15, 0.2) is 5.82 Å². The third kappa shape index (κ3) is 2.32. The quantitative estimate of drug-likeness (QED) is 0.751. The lowest BCUT2D eigenvalue weighted by Crippen LogP contribution is -2.08. The number of imidazole rings is 1. The van der Waals surface area contributed by atoms with Crippen molar-refractivity contribution in [2.75, 3.05) is 0 Å². The molecule has 1 saturated carbocycles. The molecule has 1 aliphatic heterocycles. The molecule has 1 aromatic carbocycles. The molecule has 2 aromatic heterocycles. The summed E-state index contributed by atoms with van der Waals surface area (Å²) in [5.41, 5.74) is 2.54. The molecule has 130 valence electrons. The van der Waals surface area contributed by atoms with E-state index in [9.17, 15) is 9.90 Å². The minimum Gasteiger partial charge on any atom is -0.489 e. The smallest absolute Gasteiger partial charge is 0.311 e. The number of rotatable bonds is 4. The van der Waals surface area contributed by atoms with Gasteiger partial charge in [-0.3, -0.25) is 9.78 Å². The van der Waals surface area contributed by atoms with Gasteiger partial charge in [-0.1, -0.05) is 0 Å². The third-order valence-electron chi connectivity index (χ3n) is 4.76. The largest absolute Gasteiger partial charge is 0.489 e. The molecule has 0 radical (unpaired) electrons. The summed E-state index contributed by atoms with van der Waals surface area (Å²) >= 11 is 0. The van der Waals surface area contributed by atoms with E-state index in [-0.39, 0.29) is 12.0 Å². The molecule has 3 unspecified atom stereocenters. The van der Waals surface area contributed by atoms with Crippen molar-refractivity contribution in [1.29, 1.82) is 0 Å². The van der Waals surface area contributed by atoms with Crippen LogP contribution in [0.25, 0.3) is 11.5 Å². The minimum atomic E-state index is -0.815. The average Bonchev–Trinajstić information content (AvgIpc) is 2.97. The number of H-pyrrole nitrogens is 1. The fourth-order valence-corrected chi connectivity index (χ4v) is 3.48. The Bertz CT molecular complexity index is 1030. The molecule has 1 aliphatic carbocycles. The van der Waals surface area contributed by atoms with E-state index in [2.05, 4.69) is 15.0 Å². The molecule has 5 rings (SSSR count). The van der Waals surface area contributed by atoms with Crippen LogP contribution in [0.15, 0.2) is 42.7 Å². The van der Waals surface area contributed by atoms with E-state index in [1.54, 1.807) is 18.5 Å². The number of aliphatic carboxylic acids is 1. The fraction of sp³-hybridized carbons (Fsp3) is 0.211. The first-order valence-electron chi connectivity index (χ1n) is 8.29. The molecule has 7 nitrogen and oxygen atoms in total. The highest BCUT2D eigenvalue weighted by Gasteiger charge is 2.63. The van der Waals surface area contributed by atoms with Crippen LogP contribution in [0.3, 0.4) is 0 Å². The summed E-state index contributed by atoms with van der Waals surface area (Å²) in [5.74, 6) is 1.34. The van der Waals surface area contributed by atoms with Crippen LogP contribution in [0, 0.1) is 12.8 Å². The van der Waals surface area contributed by atoms with Gasteiger partial charge in [-0.25, -0.2) is 4.98 Å². The lowest BCUT2D eigenvalue weighted by Gasteiger charge is -2.10. The summed E-state index contributed by atoms with van der Waals surface area (Å²) in [6, 6.07) is 9.08. The highest BCUT2D eigenvalue weighted by molar-refractivity contribution is 5.79. The lowest BCUT2D eigenvalue weighted by molar-refractivity contribution is -0.139. The average molecular weight is 349 g/mol. The zero-order chi connectivity index (χ0) is 17.8. The normalized spacial score (nSPS) is 22.3. The van der Waals surface area contributed by atoms with Crippen LogP contribution < -0.4 is 9.47 Å². The summed E-state index contributed by atoms with van der Waals surface area (Å²) in [6.07, 6.45) is 3.17. The van der Waals surface area contributed by atoms with E-state index in [1.165, 1.54) is 0 Å². The predicted octanol–water partition coefficient (Wildman–Crippen LogP) is 3.13. The maximum absolute atomic E-state index is 11.2. The van der Waals surface area contributed by atoms with Crippen molar-refractivity contribution in [3.05, 3.63) is 54.0 Å². The molecule has 0 saturated heterocycles. The third-order valence-corrected chi connectivity index (χ3v) is 4.76. The SMILES string of the molecule is Cc1cnc(-c2cc(Oc3ccc4c(c3)C3C(O4)C3C(=O)O)ccn2)[nH]1. The summed E-state index contributed by atoms with van der Waals surface area (Å²) in [5, 5.41) is 9.20. The van der Waals surface area contributed by atoms with Gasteiger partial charge in [0, 0.05) is 35.6 Å². The van der Waals surface area contributed by atoms with Gasteiger partial charge in [-0.2, -0.15) is 0 Å². The second kappa shape index (κ2) is 5.32. The predicted molar refractivity (Wildman–Crippen MR) is 91.4 cm³/mol. The van der Waals surface area contributed by atoms with Crippen LogP contribution in [0.5, 0.6) is 17.2 Å². The second-order valence-electron chi connectivity index (χ2n) is 6.57. The molecular weight excluding hydrogens is 334 g/mol. The molecule has 0 bridgehead atoms. The van der Waals surface area contributed by atoms with Crippen LogP contribution in [0.2, 0.25) is 0 Å². The number of carbonyl (C=O) groups is 1. The van der Waals surface area contributed by atoms with E-state index >= 15 is 0 Å². The molecule has 2 aliphatic rings. The Morgan fingerprint density at radius 1 is 1.23 bits per heavy atom. The van der Waals surface area contributed by atoms with E-state index in [0.717, 1.165) is 17.0 Å². The Kier molecular flexibility index (Phi) is 3.06. The number of carboxylic acid groups (broad SMARTS) is 1. The molecular formula is C19H15N3O4. The zero-order valence-electron chi connectivity index (χ0n) is 13.8. The highest BCUT2D eigenvalue weighted by Crippen LogP contribution is 2.59. The van der Waals surface area contributed by atoms with Crippen LogP contribution in [-0.2, 0) is 4.79 Å². The molecule has 3 atom stereocenters. The van der Waals surface area contributed by atoms with Crippen LogP contribution in [-0.4, -0.2) is 32.1 Å². The van der Waals surface area contributed by atoms with Gasteiger partial charge in [-0.15, -0.1) is 0 Å². The van der Waals surface area contributed by atoms with Gasteiger partial charge in [0.05, 0.1) is 0 Å². The number of aromatic amines is 1. The molecule has 3 aromatic rings. The first-order chi connectivity index (χ1) is 12.6. The number of hydrogen-bond donors (Lipinski definition) is 2. The first-order valence-corrected chi connectivity index (χ1v) is 8.29. The number of carboxylic acids is 1. The number of pyridine rings is 1. The number of ether oxygens (including phenoxy) is 2. The van der Waals surface area contributed by atoms with Crippen molar-refractivity contribution >= 4 is 5.97 Å². The molecule has 26 heavy (non-hydrogen) atoms. The van der Waals surface area contributed by atoms with Crippen molar-refractivity contribution in [3.8, 4) is 28.8 Å². The van der Waals surface area contributed by atoms with Crippen molar-refractivity contribution in [1.82, 2.24) is 15.0 Å². The van der Waals surface area contributed by atoms with Crippen molar-refractivity contribution < 1.29 is 19.4 Å². The van der Waals surface area contributed by atoms with Crippen LogP contribution in [0.1, 0.15) is 17.2 Å². The highest BCUT2D eigenvalue weighted by atomic mass is 16.5. The van der Waals surface area contributed by atoms with Crippen LogP contribution in [0.4, 0.5) is 0 Å². The van der Waals surface area contributed by atoms with Gasteiger partial charge in [-0.05, 0) is 31.2 Å².